The molecule has 1 spiro atoms. The minimum absolute atomic E-state index is 0. The average Bonchev–Trinajstić information content (AvgIpc) is 3.15. The molecule has 0 aromatic heterocycles. The fourth-order valence-electron chi connectivity index (χ4n) is 3.14. The average molecular weight is 376 g/mol. The van der Waals surface area contributed by atoms with Crippen LogP contribution in [-0.4, -0.2) is 26.1 Å². The maximum atomic E-state index is 12.4. The molecule has 1 atom stereocenters. The Balaban J connectivity index is 0.00000161. The molecule has 1 aromatic carbocycles. The number of nitrogens with one attached hydrogen (secondary N) is 2. The Kier molecular flexibility index (Phi) is 5.17. The summed E-state index contributed by atoms with van der Waals surface area (Å²) in [5, 5.41) is 6.39. The summed E-state index contributed by atoms with van der Waals surface area (Å²) in [4.78, 5) is 12.4. The van der Waals surface area contributed by atoms with Crippen molar-refractivity contribution in [3.8, 4) is 5.75 Å². The van der Waals surface area contributed by atoms with Crippen LogP contribution in [-0.2, 0) is 4.79 Å². The van der Waals surface area contributed by atoms with Gasteiger partial charge in [-0.25, -0.2) is 0 Å². The number of benzene rings is 1. The largest absolute Gasteiger partial charge is 0.497 e. The Morgan fingerprint density at radius 2 is 2.14 bits per heavy atom. The predicted molar refractivity (Wildman–Crippen MR) is 89.2 cm³/mol. The molecule has 1 saturated carbocycles. The fraction of sp³-hybridized carbons (Fsp3) is 0.533. The first kappa shape index (κ1) is 16.6. The van der Waals surface area contributed by atoms with Crippen LogP contribution in [0.2, 0.25) is 0 Å². The van der Waals surface area contributed by atoms with Crippen molar-refractivity contribution in [2.45, 2.75) is 19.3 Å². The third-order valence-electron chi connectivity index (χ3n) is 4.54. The number of hydrogen-bond acceptors (Lipinski definition) is 3. The van der Waals surface area contributed by atoms with Crippen LogP contribution in [0.25, 0.3) is 0 Å². The molecule has 1 heterocycles. The van der Waals surface area contributed by atoms with Crippen LogP contribution >= 0.6 is 28.3 Å². The van der Waals surface area contributed by atoms with Gasteiger partial charge in [0.15, 0.2) is 0 Å². The van der Waals surface area contributed by atoms with E-state index in [0.29, 0.717) is 0 Å². The zero-order chi connectivity index (χ0) is 14.2. The van der Waals surface area contributed by atoms with Gasteiger partial charge in [-0.05, 0) is 65.8 Å². The van der Waals surface area contributed by atoms with E-state index in [2.05, 4.69) is 26.6 Å². The lowest BCUT2D eigenvalue weighted by Gasteiger charge is -2.23. The van der Waals surface area contributed by atoms with Crippen molar-refractivity contribution >= 4 is 39.9 Å². The summed E-state index contributed by atoms with van der Waals surface area (Å²) in [6.07, 6.45) is 3.26. The number of anilines is 1. The molecule has 116 valence electrons. The first-order chi connectivity index (χ1) is 9.64. The molecule has 4 nitrogen and oxygen atoms in total. The van der Waals surface area contributed by atoms with E-state index in [4.69, 9.17) is 4.74 Å². The van der Waals surface area contributed by atoms with E-state index in [-0.39, 0.29) is 29.6 Å². The van der Waals surface area contributed by atoms with Gasteiger partial charge in [0.05, 0.1) is 12.8 Å². The SMILES string of the molecule is COc1ccc(Br)c(NC(=O)C2CC23CCNCC3)c1.Cl. The smallest absolute Gasteiger partial charge is 0.228 e. The third-order valence-corrected chi connectivity index (χ3v) is 5.23. The van der Waals surface area contributed by atoms with Crippen LogP contribution in [0, 0.1) is 11.3 Å². The summed E-state index contributed by atoms with van der Waals surface area (Å²) in [7, 11) is 1.62. The highest BCUT2D eigenvalue weighted by Gasteiger charge is 2.57. The Morgan fingerprint density at radius 1 is 1.43 bits per heavy atom. The molecular formula is C15H20BrClN2O2. The van der Waals surface area contributed by atoms with Gasteiger partial charge in [-0.15, -0.1) is 12.4 Å². The number of ether oxygens (including phenoxy) is 1. The van der Waals surface area contributed by atoms with Crippen LogP contribution in [0.3, 0.4) is 0 Å². The van der Waals surface area contributed by atoms with Crippen LogP contribution < -0.4 is 15.4 Å². The normalized spacial score (nSPS) is 22.3. The number of rotatable bonds is 3. The Bertz CT molecular complexity index is 532. The first-order valence-electron chi connectivity index (χ1n) is 7.00. The van der Waals surface area contributed by atoms with Gasteiger partial charge in [-0.3, -0.25) is 4.79 Å². The van der Waals surface area contributed by atoms with Crippen molar-refractivity contribution in [2.24, 2.45) is 11.3 Å². The fourth-order valence-corrected chi connectivity index (χ4v) is 3.49. The number of carbonyl (C=O) groups excluding carboxylic acids is 1. The summed E-state index contributed by atoms with van der Waals surface area (Å²) in [6.45, 7) is 2.07. The number of methoxy groups -OCH3 is 1. The molecule has 2 N–H and O–H groups in total. The van der Waals surface area contributed by atoms with E-state index in [1.807, 2.05) is 18.2 Å². The maximum absolute atomic E-state index is 12.4. The Hall–Kier alpha value is -0.780. The van der Waals surface area contributed by atoms with Gasteiger partial charge in [0.25, 0.3) is 0 Å². The number of amides is 1. The van der Waals surface area contributed by atoms with Crippen molar-refractivity contribution in [1.29, 1.82) is 0 Å². The minimum Gasteiger partial charge on any atom is -0.497 e. The molecule has 1 aliphatic heterocycles. The van der Waals surface area contributed by atoms with Crippen LogP contribution in [0.1, 0.15) is 19.3 Å². The monoisotopic (exact) mass is 374 g/mol. The molecule has 0 radical (unpaired) electrons. The Morgan fingerprint density at radius 3 is 2.81 bits per heavy atom. The summed E-state index contributed by atoms with van der Waals surface area (Å²) in [5.41, 5.74) is 1.05. The van der Waals surface area contributed by atoms with E-state index in [1.54, 1.807) is 7.11 Å². The molecular weight excluding hydrogens is 356 g/mol. The van der Waals surface area contributed by atoms with E-state index < -0.39 is 0 Å². The van der Waals surface area contributed by atoms with Gasteiger partial charge in [-0.2, -0.15) is 0 Å². The molecule has 1 amide bonds. The molecule has 1 unspecified atom stereocenters. The van der Waals surface area contributed by atoms with Gasteiger partial charge >= 0.3 is 0 Å². The molecule has 1 saturated heterocycles. The summed E-state index contributed by atoms with van der Waals surface area (Å²) in [5.74, 6) is 1.06. The van der Waals surface area contributed by atoms with E-state index in [0.717, 1.165) is 48.3 Å². The van der Waals surface area contributed by atoms with Gasteiger partial charge in [0.1, 0.15) is 5.75 Å². The third kappa shape index (κ3) is 3.35. The van der Waals surface area contributed by atoms with Crippen molar-refractivity contribution in [3.63, 3.8) is 0 Å². The highest BCUT2D eigenvalue weighted by atomic mass is 79.9. The lowest BCUT2D eigenvalue weighted by molar-refractivity contribution is -0.118. The lowest BCUT2D eigenvalue weighted by atomic mass is 9.92. The second-order valence-electron chi connectivity index (χ2n) is 5.70. The van der Waals surface area contributed by atoms with Gasteiger partial charge in [0, 0.05) is 16.5 Å². The summed E-state index contributed by atoms with van der Waals surface area (Å²) < 4.78 is 6.08. The highest BCUT2D eigenvalue weighted by Crippen LogP contribution is 2.58. The molecule has 0 bridgehead atoms. The van der Waals surface area contributed by atoms with Gasteiger partial charge in [0.2, 0.25) is 5.91 Å². The van der Waals surface area contributed by atoms with Crippen molar-refractivity contribution < 1.29 is 9.53 Å². The van der Waals surface area contributed by atoms with E-state index in [1.165, 1.54) is 0 Å². The molecule has 2 fully saturated rings. The number of halogens is 2. The van der Waals surface area contributed by atoms with Crippen LogP contribution in [0.15, 0.2) is 22.7 Å². The van der Waals surface area contributed by atoms with Crippen molar-refractivity contribution in [2.75, 3.05) is 25.5 Å². The topological polar surface area (TPSA) is 50.4 Å². The predicted octanol–water partition coefficient (Wildman–Crippen LogP) is 3.21. The maximum Gasteiger partial charge on any atom is 0.228 e. The van der Waals surface area contributed by atoms with Gasteiger partial charge < -0.3 is 15.4 Å². The summed E-state index contributed by atoms with van der Waals surface area (Å²) >= 11 is 3.46. The van der Waals surface area contributed by atoms with Crippen LogP contribution in [0.5, 0.6) is 5.75 Å². The molecule has 2 aliphatic rings. The second kappa shape index (κ2) is 6.55. The Labute approximate surface area is 139 Å². The molecule has 6 heteroatoms. The number of hydrogen-bond donors (Lipinski definition) is 2. The number of piperidine rings is 1. The number of carbonyl (C=O) groups is 1. The van der Waals surface area contributed by atoms with E-state index >= 15 is 0 Å². The lowest BCUT2D eigenvalue weighted by Crippen LogP contribution is -2.31. The first-order valence-corrected chi connectivity index (χ1v) is 7.79. The highest BCUT2D eigenvalue weighted by molar-refractivity contribution is 9.10. The zero-order valence-corrected chi connectivity index (χ0v) is 14.4. The second-order valence-corrected chi connectivity index (χ2v) is 6.56. The van der Waals surface area contributed by atoms with Gasteiger partial charge in [-0.1, -0.05) is 0 Å². The molecule has 1 aliphatic carbocycles. The standard InChI is InChI=1S/C15H19BrN2O2.ClH/c1-20-10-2-3-12(16)13(8-10)18-14(19)11-9-15(11)4-6-17-7-5-15;/h2-3,8,11,17H,4-7,9H2,1H3,(H,18,19);1H. The van der Waals surface area contributed by atoms with Crippen molar-refractivity contribution in [3.05, 3.63) is 22.7 Å². The molecule has 21 heavy (non-hydrogen) atoms. The van der Waals surface area contributed by atoms with Crippen LogP contribution in [0.4, 0.5) is 5.69 Å². The van der Waals surface area contributed by atoms with E-state index in [9.17, 15) is 4.79 Å². The molecule has 3 rings (SSSR count). The quantitative estimate of drug-likeness (QED) is 0.853. The summed E-state index contributed by atoms with van der Waals surface area (Å²) in [6, 6.07) is 5.60. The molecule has 1 aromatic rings. The minimum atomic E-state index is 0. The zero-order valence-electron chi connectivity index (χ0n) is 11.9. The van der Waals surface area contributed by atoms with Crippen molar-refractivity contribution in [1.82, 2.24) is 5.32 Å².